The summed E-state index contributed by atoms with van der Waals surface area (Å²) < 4.78 is 18.9. The lowest BCUT2D eigenvalue weighted by Gasteiger charge is -2.48. The predicted molar refractivity (Wildman–Crippen MR) is 96.3 cm³/mol. The van der Waals surface area contributed by atoms with Crippen LogP contribution < -0.4 is 5.32 Å². The Hall–Kier alpha value is -2.15. The first-order valence-electron chi connectivity index (χ1n) is 9.10. The van der Waals surface area contributed by atoms with Crippen molar-refractivity contribution in [2.24, 2.45) is 5.41 Å². The number of benzene rings is 1. The van der Waals surface area contributed by atoms with E-state index in [-0.39, 0.29) is 23.0 Å². The van der Waals surface area contributed by atoms with Gasteiger partial charge < -0.3 is 19.9 Å². The van der Waals surface area contributed by atoms with Crippen molar-refractivity contribution >= 4 is 17.6 Å². The summed E-state index contributed by atoms with van der Waals surface area (Å²) in [6.45, 7) is 2.98. The van der Waals surface area contributed by atoms with E-state index in [1.165, 1.54) is 6.07 Å². The van der Waals surface area contributed by atoms with E-state index in [0.717, 1.165) is 19.3 Å². The van der Waals surface area contributed by atoms with Gasteiger partial charge in [-0.05, 0) is 31.4 Å². The summed E-state index contributed by atoms with van der Waals surface area (Å²) in [5.41, 5.74) is 0.115. The molecule has 1 aromatic carbocycles. The number of nitrogens with zero attached hydrogens (tertiary/aromatic N) is 2. The van der Waals surface area contributed by atoms with E-state index < -0.39 is 5.82 Å². The molecule has 142 valence electrons. The second-order valence-electron chi connectivity index (χ2n) is 7.24. The normalized spacial score (nSPS) is 23.4. The number of likely N-dealkylation sites (tertiary alicyclic amines) is 2. The van der Waals surface area contributed by atoms with Gasteiger partial charge in [0.05, 0.1) is 12.3 Å². The third kappa shape index (κ3) is 4.15. The molecule has 1 atom stereocenters. The molecule has 26 heavy (non-hydrogen) atoms. The fourth-order valence-corrected chi connectivity index (χ4v) is 3.98. The number of carbonyl (C=O) groups is 2. The molecule has 1 spiro atoms. The number of anilines is 1. The first-order chi connectivity index (χ1) is 12.5. The number of methoxy groups -OCH3 is 1. The van der Waals surface area contributed by atoms with Gasteiger partial charge in [-0.2, -0.15) is 0 Å². The number of para-hydroxylation sites is 1. The molecule has 2 fully saturated rings. The van der Waals surface area contributed by atoms with E-state index in [4.69, 9.17) is 4.74 Å². The first-order valence-corrected chi connectivity index (χ1v) is 9.10. The maximum absolute atomic E-state index is 13.8. The second-order valence-corrected chi connectivity index (χ2v) is 7.24. The van der Waals surface area contributed by atoms with Gasteiger partial charge in [0.1, 0.15) is 5.82 Å². The SMILES string of the molecule is COCCN1C[C@@]2(CCCN(C(=O)Nc3ccccc3F)C2)CCC1=O. The van der Waals surface area contributed by atoms with Crippen LogP contribution in [0.15, 0.2) is 24.3 Å². The molecule has 2 aliphatic heterocycles. The van der Waals surface area contributed by atoms with Crippen LogP contribution in [-0.4, -0.2) is 61.6 Å². The Morgan fingerprint density at radius 2 is 2.12 bits per heavy atom. The summed E-state index contributed by atoms with van der Waals surface area (Å²) in [4.78, 5) is 28.4. The Morgan fingerprint density at radius 3 is 2.88 bits per heavy atom. The highest BCUT2D eigenvalue weighted by atomic mass is 19.1. The van der Waals surface area contributed by atoms with Crippen molar-refractivity contribution < 1.29 is 18.7 Å². The maximum Gasteiger partial charge on any atom is 0.321 e. The smallest absolute Gasteiger partial charge is 0.321 e. The van der Waals surface area contributed by atoms with Crippen LogP contribution in [0.3, 0.4) is 0 Å². The Morgan fingerprint density at radius 1 is 1.31 bits per heavy atom. The number of ether oxygens (including phenoxy) is 1. The molecule has 0 aliphatic carbocycles. The van der Waals surface area contributed by atoms with Crippen LogP contribution in [0.25, 0.3) is 0 Å². The van der Waals surface area contributed by atoms with Crippen molar-refractivity contribution in [2.75, 3.05) is 45.2 Å². The van der Waals surface area contributed by atoms with Gasteiger partial charge >= 0.3 is 6.03 Å². The van der Waals surface area contributed by atoms with Gasteiger partial charge in [-0.25, -0.2) is 9.18 Å². The topological polar surface area (TPSA) is 61.9 Å². The van der Waals surface area contributed by atoms with E-state index in [9.17, 15) is 14.0 Å². The molecular formula is C19H26FN3O3. The monoisotopic (exact) mass is 363 g/mol. The summed E-state index contributed by atoms with van der Waals surface area (Å²) in [7, 11) is 1.62. The molecule has 6 nitrogen and oxygen atoms in total. The average Bonchev–Trinajstić information content (AvgIpc) is 2.65. The van der Waals surface area contributed by atoms with Gasteiger partial charge in [0.15, 0.2) is 0 Å². The Balaban J connectivity index is 1.65. The molecule has 0 bridgehead atoms. The third-order valence-corrected chi connectivity index (χ3v) is 5.38. The molecule has 1 aromatic rings. The summed E-state index contributed by atoms with van der Waals surface area (Å²) >= 11 is 0. The Kier molecular flexibility index (Phi) is 5.76. The van der Waals surface area contributed by atoms with E-state index in [0.29, 0.717) is 39.2 Å². The number of hydrogen-bond donors (Lipinski definition) is 1. The van der Waals surface area contributed by atoms with E-state index in [1.54, 1.807) is 30.2 Å². The van der Waals surface area contributed by atoms with E-state index >= 15 is 0 Å². The van der Waals surface area contributed by atoms with Gasteiger partial charge in [0.25, 0.3) is 0 Å². The lowest BCUT2D eigenvalue weighted by molar-refractivity contribution is -0.139. The number of carbonyl (C=O) groups excluding carboxylic acids is 2. The maximum atomic E-state index is 13.8. The molecule has 2 saturated heterocycles. The van der Waals surface area contributed by atoms with Crippen LogP contribution in [0, 0.1) is 11.2 Å². The highest BCUT2D eigenvalue weighted by Crippen LogP contribution is 2.39. The van der Waals surface area contributed by atoms with Crippen LogP contribution >= 0.6 is 0 Å². The fraction of sp³-hybridized carbons (Fsp3) is 0.579. The van der Waals surface area contributed by atoms with Crippen molar-refractivity contribution in [2.45, 2.75) is 25.7 Å². The van der Waals surface area contributed by atoms with E-state index in [2.05, 4.69) is 5.32 Å². The quantitative estimate of drug-likeness (QED) is 0.895. The minimum atomic E-state index is -0.443. The van der Waals surface area contributed by atoms with Crippen molar-refractivity contribution in [3.05, 3.63) is 30.1 Å². The molecule has 0 radical (unpaired) electrons. The van der Waals surface area contributed by atoms with Crippen LogP contribution in [0.5, 0.6) is 0 Å². The largest absolute Gasteiger partial charge is 0.383 e. The van der Waals surface area contributed by atoms with Gasteiger partial charge in [-0.1, -0.05) is 12.1 Å². The molecule has 0 aromatic heterocycles. The van der Waals surface area contributed by atoms with Crippen LogP contribution in [0.4, 0.5) is 14.9 Å². The highest BCUT2D eigenvalue weighted by Gasteiger charge is 2.42. The van der Waals surface area contributed by atoms with Crippen LogP contribution in [0.1, 0.15) is 25.7 Å². The molecule has 2 heterocycles. The highest BCUT2D eigenvalue weighted by molar-refractivity contribution is 5.89. The predicted octanol–water partition coefficient (Wildman–Crippen LogP) is 2.71. The molecule has 2 aliphatic rings. The van der Waals surface area contributed by atoms with Gasteiger partial charge in [-0.15, -0.1) is 0 Å². The average molecular weight is 363 g/mol. The van der Waals surface area contributed by atoms with Crippen LogP contribution in [0.2, 0.25) is 0 Å². The number of hydrogen-bond acceptors (Lipinski definition) is 3. The van der Waals surface area contributed by atoms with Crippen molar-refractivity contribution in [3.8, 4) is 0 Å². The van der Waals surface area contributed by atoms with Crippen molar-refractivity contribution in [1.29, 1.82) is 0 Å². The number of urea groups is 1. The van der Waals surface area contributed by atoms with Crippen molar-refractivity contribution in [1.82, 2.24) is 9.80 Å². The minimum absolute atomic E-state index is 0.0769. The van der Waals surface area contributed by atoms with Crippen molar-refractivity contribution in [3.63, 3.8) is 0 Å². The lowest BCUT2D eigenvalue weighted by Crippen LogP contribution is -2.56. The van der Waals surface area contributed by atoms with E-state index in [1.807, 2.05) is 4.90 Å². The summed E-state index contributed by atoms with van der Waals surface area (Å²) in [5, 5.41) is 2.67. The third-order valence-electron chi connectivity index (χ3n) is 5.38. The Labute approximate surface area is 153 Å². The molecule has 0 saturated carbocycles. The van der Waals surface area contributed by atoms with Gasteiger partial charge in [-0.3, -0.25) is 4.79 Å². The minimum Gasteiger partial charge on any atom is -0.383 e. The standard InChI is InChI=1S/C19H26FN3O3/c1-26-12-11-22-13-19(9-7-17(22)24)8-4-10-23(14-19)18(25)21-16-6-3-2-5-15(16)20/h2-3,5-6H,4,7-14H2,1H3,(H,21,25)/t19-/m1/s1. The molecule has 7 heteroatoms. The second kappa shape index (κ2) is 8.03. The first kappa shape index (κ1) is 18.6. The summed E-state index contributed by atoms with van der Waals surface area (Å²) in [6, 6.07) is 5.88. The molecule has 3 amide bonds. The number of rotatable bonds is 4. The number of piperidine rings is 2. The Bertz CT molecular complexity index is 669. The zero-order chi connectivity index (χ0) is 18.6. The summed E-state index contributed by atoms with van der Waals surface area (Å²) in [6.07, 6.45) is 3.18. The number of halogens is 1. The fourth-order valence-electron chi connectivity index (χ4n) is 3.98. The number of nitrogens with one attached hydrogen (secondary N) is 1. The lowest BCUT2D eigenvalue weighted by atomic mass is 9.73. The molecule has 3 rings (SSSR count). The summed E-state index contributed by atoms with van der Waals surface area (Å²) in [5.74, 6) is -0.290. The zero-order valence-corrected chi connectivity index (χ0v) is 15.2. The van der Waals surface area contributed by atoms with Gasteiger partial charge in [0.2, 0.25) is 5.91 Å². The molecule has 1 N–H and O–H groups in total. The molecule has 0 unspecified atom stereocenters. The molecular weight excluding hydrogens is 337 g/mol. The van der Waals surface area contributed by atoms with Gasteiger partial charge in [0, 0.05) is 45.1 Å². The number of amides is 3. The zero-order valence-electron chi connectivity index (χ0n) is 15.2. The van der Waals surface area contributed by atoms with Crippen LogP contribution in [-0.2, 0) is 9.53 Å².